The molecule has 246 valence electrons. The molecule has 1 fully saturated rings. The van der Waals surface area contributed by atoms with Crippen LogP contribution in [0.5, 0.6) is 0 Å². The van der Waals surface area contributed by atoms with Crippen LogP contribution in [0.2, 0.25) is 0 Å². The molecule has 4 rings (SSSR count). The Morgan fingerprint density at radius 3 is 2.20 bits per heavy atom. The summed E-state index contributed by atoms with van der Waals surface area (Å²) in [6.07, 6.45) is 2.04. The highest BCUT2D eigenvalue weighted by Crippen LogP contribution is 2.33. The minimum atomic E-state index is -4.50. The first-order chi connectivity index (χ1) is 21.9. The van der Waals surface area contributed by atoms with Crippen molar-refractivity contribution in [3.63, 3.8) is 0 Å². The van der Waals surface area contributed by atoms with Crippen LogP contribution in [-0.2, 0) is 25.8 Å². The van der Waals surface area contributed by atoms with Crippen LogP contribution in [0.1, 0.15) is 80.6 Å². The molecule has 0 radical (unpaired) electrons. The van der Waals surface area contributed by atoms with Crippen molar-refractivity contribution in [1.29, 1.82) is 0 Å². The van der Waals surface area contributed by atoms with E-state index in [2.05, 4.69) is 20.7 Å². The molecule has 0 bridgehead atoms. The van der Waals surface area contributed by atoms with Gasteiger partial charge in [-0.2, -0.15) is 13.2 Å². The highest BCUT2D eigenvalue weighted by molar-refractivity contribution is 7.90. The molecule has 13 heteroatoms. The fourth-order valence-corrected chi connectivity index (χ4v) is 6.36. The standard InChI is InChI=1S/C33H37F3N4O5S/c1-2-3-5-14-30(41)40-46(44,45)29-13-9-8-12-27(29)38-32(43)23-15-20-26(37-25-18-16-24(17-19-25)33(34,35)36)28(21-23)39-31(42)22-10-6-4-7-11-22/h8-9,12-13,15-22,37H,2-7,10-11,14H2,1H3,(H,38,43)(H,39,42)(H,40,41). The molecule has 3 aromatic carbocycles. The van der Waals surface area contributed by atoms with Gasteiger partial charge in [-0.05, 0) is 73.9 Å². The lowest BCUT2D eigenvalue weighted by Crippen LogP contribution is -2.31. The zero-order valence-corrected chi connectivity index (χ0v) is 26.2. The number of sulfonamides is 1. The van der Waals surface area contributed by atoms with Crippen molar-refractivity contribution in [3.05, 3.63) is 77.9 Å². The Hall–Kier alpha value is -4.39. The number of alkyl halides is 3. The number of carbonyl (C=O) groups excluding carboxylic acids is 3. The molecule has 0 saturated heterocycles. The Kier molecular flexibility index (Phi) is 11.4. The molecule has 0 heterocycles. The SMILES string of the molecule is CCCCCC(=O)NS(=O)(=O)c1ccccc1NC(=O)c1ccc(Nc2ccc(C(F)(F)F)cc2)c(NC(=O)C2CCCCC2)c1. The van der Waals surface area contributed by atoms with Crippen LogP contribution in [0.25, 0.3) is 0 Å². The molecule has 46 heavy (non-hydrogen) atoms. The number of carbonyl (C=O) groups is 3. The van der Waals surface area contributed by atoms with Gasteiger partial charge in [-0.15, -0.1) is 0 Å². The quantitative estimate of drug-likeness (QED) is 0.148. The second-order valence-corrected chi connectivity index (χ2v) is 12.9. The lowest BCUT2D eigenvalue weighted by atomic mass is 9.88. The second-order valence-electron chi connectivity index (χ2n) is 11.2. The topological polar surface area (TPSA) is 133 Å². The number of benzene rings is 3. The summed E-state index contributed by atoms with van der Waals surface area (Å²) < 4.78 is 67.3. The molecule has 1 aliphatic carbocycles. The van der Waals surface area contributed by atoms with Gasteiger partial charge in [0, 0.05) is 23.6 Å². The number of amides is 3. The van der Waals surface area contributed by atoms with E-state index in [0.717, 1.165) is 44.2 Å². The summed E-state index contributed by atoms with van der Waals surface area (Å²) in [6.45, 7) is 1.96. The van der Waals surface area contributed by atoms with Crippen LogP contribution >= 0.6 is 0 Å². The Morgan fingerprint density at radius 1 is 0.826 bits per heavy atom. The number of hydrogen-bond donors (Lipinski definition) is 4. The third-order valence-electron chi connectivity index (χ3n) is 7.69. The maximum Gasteiger partial charge on any atom is 0.416 e. The van der Waals surface area contributed by atoms with Gasteiger partial charge in [0.1, 0.15) is 4.90 Å². The van der Waals surface area contributed by atoms with Crippen molar-refractivity contribution in [2.45, 2.75) is 75.8 Å². The molecular weight excluding hydrogens is 621 g/mol. The molecule has 0 spiro atoms. The summed E-state index contributed by atoms with van der Waals surface area (Å²) in [5.74, 6) is -1.80. The van der Waals surface area contributed by atoms with E-state index in [0.29, 0.717) is 30.6 Å². The Balaban J connectivity index is 1.58. The summed E-state index contributed by atoms with van der Waals surface area (Å²) in [5.41, 5.74) is 0.106. The average molecular weight is 659 g/mol. The fraction of sp³-hybridized carbons (Fsp3) is 0.364. The van der Waals surface area contributed by atoms with E-state index in [1.54, 1.807) is 0 Å². The van der Waals surface area contributed by atoms with Crippen molar-refractivity contribution in [1.82, 2.24) is 4.72 Å². The van der Waals surface area contributed by atoms with Gasteiger partial charge in [0.2, 0.25) is 11.8 Å². The zero-order chi connectivity index (χ0) is 33.3. The number of unbranched alkanes of at least 4 members (excludes halogenated alkanes) is 2. The first-order valence-corrected chi connectivity index (χ1v) is 16.7. The second kappa shape index (κ2) is 15.3. The normalized spacial score (nSPS) is 13.9. The van der Waals surface area contributed by atoms with E-state index < -0.39 is 33.6 Å². The van der Waals surface area contributed by atoms with E-state index in [9.17, 15) is 36.0 Å². The summed E-state index contributed by atoms with van der Waals surface area (Å²) in [6, 6.07) is 14.4. The van der Waals surface area contributed by atoms with Crippen LogP contribution in [0.3, 0.4) is 0 Å². The molecule has 3 amide bonds. The molecule has 0 atom stereocenters. The van der Waals surface area contributed by atoms with Gasteiger partial charge in [0.15, 0.2) is 0 Å². The first kappa shape index (κ1) is 34.5. The molecule has 3 aromatic rings. The largest absolute Gasteiger partial charge is 0.416 e. The lowest BCUT2D eigenvalue weighted by Gasteiger charge is -2.22. The molecule has 4 N–H and O–H groups in total. The molecule has 0 unspecified atom stereocenters. The number of para-hydroxylation sites is 1. The molecule has 1 aliphatic rings. The Labute approximate surface area is 266 Å². The van der Waals surface area contributed by atoms with Crippen molar-refractivity contribution in [3.8, 4) is 0 Å². The molecule has 1 saturated carbocycles. The number of rotatable bonds is 12. The van der Waals surface area contributed by atoms with Crippen LogP contribution in [0.4, 0.5) is 35.9 Å². The lowest BCUT2D eigenvalue weighted by molar-refractivity contribution is -0.137. The van der Waals surface area contributed by atoms with Crippen LogP contribution in [0.15, 0.2) is 71.6 Å². The number of nitrogens with one attached hydrogen (secondary N) is 4. The molecule has 0 aliphatic heterocycles. The molecule has 9 nitrogen and oxygen atoms in total. The van der Waals surface area contributed by atoms with E-state index in [1.165, 1.54) is 54.6 Å². The van der Waals surface area contributed by atoms with Gasteiger partial charge >= 0.3 is 6.18 Å². The number of anilines is 4. The first-order valence-electron chi connectivity index (χ1n) is 15.2. The summed E-state index contributed by atoms with van der Waals surface area (Å²) in [5, 5.41) is 8.46. The van der Waals surface area contributed by atoms with Crippen LogP contribution in [0, 0.1) is 5.92 Å². The Morgan fingerprint density at radius 2 is 1.52 bits per heavy atom. The van der Waals surface area contributed by atoms with Gasteiger partial charge in [-0.3, -0.25) is 14.4 Å². The van der Waals surface area contributed by atoms with Crippen molar-refractivity contribution in [2.75, 3.05) is 16.0 Å². The monoisotopic (exact) mass is 658 g/mol. The highest BCUT2D eigenvalue weighted by atomic mass is 32.2. The summed E-state index contributed by atoms with van der Waals surface area (Å²) in [4.78, 5) is 38.5. The summed E-state index contributed by atoms with van der Waals surface area (Å²) in [7, 11) is -4.30. The van der Waals surface area contributed by atoms with Crippen LogP contribution in [-0.4, -0.2) is 26.1 Å². The zero-order valence-electron chi connectivity index (χ0n) is 25.4. The van der Waals surface area contributed by atoms with E-state index in [4.69, 9.17) is 0 Å². The minimum Gasteiger partial charge on any atom is -0.354 e. The van der Waals surface area contributed by atoms with Crippen LogP contribution < -0.4 is 20.7 Å². The smallest absolute Gasteiger partial charge is 0.354 e. The van der Waals surface area contributed by atoms with Crippen molar-refractivity contribution in [2.24, 2.45) is 5.92 Å². The maximum atomic E-state index is 13.4. The maximum absolute atomic E-state index is 13.4. The predicted molar refractivity (Wildman–Crippen MR) is 170 cm³/mol. The van der Waals surface area contributed by atoms with Crippen molar-refractivity contribution < 1.29 is 36.0 Å². The highest BCUT2D eigenvalue weighted by Gasteiger charge is 2.30. The van der Waals surface area contributed by atoms with Crippen molar-refractivity contribution >= 4 is 50.5 Å². The molecule has 0 aromatic heterocycles. The number of halogens is 3. The fourth-order valence-electron chi connectivity index (χ4n) is 5.19. The third-order valence-corrected chi connectivity index (χ3v) is 9.12. The van der Waals surface area contributed by atoms with Gasteiger partial charge in [-0.25, -0.2) is 13.1 Å². The van der Waals surface area contributed by atoms with E-state index in [1.807, 2.05) is 6.92 Å². The van der Waals surface area contributed by atoms with E-state index >= 15 is 0 Å². The van der Waals surface area contributed by atoms with E-state index in [-0.39, 0.29) is 40.1 Å². The van der Waals surface area contributed by atoms with Gasteiger partial charge < -0.3 is 16.0 Å². The predicted octanol–water partition coefficient (Wildman–Crippen LogP) is 7.61. The Bertz CT molecular complexity index is 1650. The van der Waals surface area contributed by atoms with Gasteiger partial charge in [-0.1, -0.05) is 51.2 Å². The summed E-state index contributed by atoms with van der Waals surface area (Å²) >= 11 is 0. The minimum absolute atomic E-state index is 0.0454. The van der Waals surface area contributed by atoms with Gasteiger partial charge in [0.05, 0.1) is 22.6 Å². The third kappa shape index (κ3) is 9.32. The number of hydrogen-bond acceptors (Lipinski definition) is 6. The average Bonchev–Trinajstić information content (AvgIpc) is 3.02. The van der Waals surface area contributed by atoms with Gasteiger partial charge in [0.25, 0.3) is 15.9 Å². The molecular formula is C33H37F3N4O5S.